The van der Waals surface area contributed by atoms with Crippen molar-refractivity contribution in [3.05, 3.63) is 52.1 Å². The second-order valence-corrected chi connectivity index (χ2v) is 10.4. The number of nitrogens with one attached hydrogen (secondary N) is 1. The maximum Gasteiger partial charge on any atom is 0.253 e. The van der Waals surface area contributed by atoms with Crippen LogP contribution in [-0.4, -0.2) is 55.7 Å². The highest BCUT2D eigenvalue weighted by molar-refractivity contribution is 6.31. The standard InChI is InChI=1S/C25H29ClN6O/c1-13-24-23(12-27-14(2)28-24)32(30-13)22-11-20(22)19-7-4-15(8-21(19)26)25(33)31(3)18-9-16-5-6-17(10-18)29-16/h4,7-8,12,16-18,20,22,29H,5-6,9-11H2,1-3H3/t16-,17+,18?,20?,22?. The van der Waals surface area contributed by atoms with Crippen LogP contribution in [0, 0.1) is 13.8 Å². The van der Waals surface area contributed by atoms with E-state index in [2.05, 4.69) is 15.3 Å². The van der Waals surface area contributed by atoms with Gasteiger partial charge in [-0.3, -0.25) is 9.48 Å². The summed E-state index contributed by atoms with van der Waals surface area (Å²) in [6.45, 7) is 3.88. The van der Waals surface area contributed by atoms with E-state index in [4.69, 9.17) is 16.7 Å². The highest BCUT2D eigenvalue weighted by Crippen LogP contribution is 2.53. The van der Waals surface area contributed by atoms with Crippen molar-refractivity contribution in [3.8, 4) is 0 Å². The van der Waals surface area contributed by atoms with Gasteiger partial charge in [-0.25, -0.2) is 9.97 Å². The van der Waals surface area contributed by atoms with Crippen LogP contribution in [0.2, 0.25) is 5.02 Å². The zero-order valence-corrected chi connectivity index (χ0v) is 20.0. The molecule has 0 radical (unpaired) electrons. The van der Waals surface area contributed by atoms with Crippen LogP contribution < -0.4 is 5.32 Å². The van der Waals surface area contributed by atoms with Crippen LogP contribution in [-0.2, 0) is 0 Å². The van der Waals surface area contributed by atoms with Gasteiger partial charge in [0.2, 0.25) is 0 Å². The number of piperidine rings is 1. The minimum Gasteiger partial charge on any atom is -0.339 e. The molecule has 172 valence electrons. The van der Waals surface area contributed by atoms with Crippen LogP contribution in [0.15, 0.2) is 24.4 Å². The first-order chi connectivity index (χ1) is 15.9. The maximum absolute atomic E-state index is 13.2. The van der Waals surface area contributed by atoms with E-state index in [-0.39, 0.29) is 17.9 Å². The van der Waals surface area contributed by atoms with Crippen molar-refractivity contribution in [2.75, 3.05) is 7.05 Å². The highest BCUT2D eigenvalue weighted by atomic mass is 35.5. The molecule has 33 heavy (non-hydrogen) atoms. The molecule has 1 aliphatic carbocycles. The molecule has 1 saturated carbocycles. The van der Waals surface area contributed by atoms with Crippen molar-refractivity contribution in [1.29, 1.82) is 0 Å². The molecule has 8 heteroatoms. The van der Waals surface area contributed by atoms with E-state index in [0.29, 0.717) is 28.7 Å². The van der Waals surface area contributed by atoms with Crippen molar-refractivity contribution in [2.24, 2.45) is 0 Å². The van der Waals surface area contributed by atoms with Crippen LogP contribution in [0.5, 0.6) is 0 Å². The Labute approximate surface area is 198 Å². The van der Waals surface area contributed by atoms with Gasteiger partial charge in [0.05, 0.1) is 17.9 Å². The summed E-state index contributed by atoms with van der Waals surface area (Å²) in [4.78, 5) is 24.1. The summed E-state index contributed by atoms with van der Waals surface area (Å²) in [6, 6.07) is 7.45. The number of aromatic nitrogens is 4. The topological polar surface area (TPSA) is 75.9 Å². The third-order valence-corrected chi connectivity index (χ3v) is 8.10. The Kier molecular flexibility index (Phi) is 4.96. The lowest BCUT2D eigenvalue weighted by Gasteiger charge is -2.35. The lowest BCUT2D eigenvalue weighted by atomic mass is 9.97. The average molecular weight is 465 g/mol. The van der Waals surface area contributed by atoms with E-state index in [1.165, 1.54) is 12.8 Å². The Balaban J connectivity index is 1.20. The molecule has 3 fully saturated rings. The van der Waals surface area contributed by atoms with Gasteiger partial charge in [-0.2, -0.15) is 5.10 Å². The molecule has 6 rings (SSSR count). The minimum absolute atomic E-state index is 0.0586. The molecule has 1 N–H and O–H groups in total. The summed E-state index contributed by atoms with van der Waals surface area (Å²) in [5.41, 5.74) is 4.54. The lowest BCUT2D eigenvalue weighted by molar-refractivity contribution is 0.0681. The number of hydrogen-bond acceptors (Lipinski definition) is 5. The Morgan fingerprint density at radius 2 is 1.94 bits per heavy atom. The molecule has 7 nitrogen and oxygen atoms in total. The zero-order valence-electron chi connectivity index (χ0n) is 19.3. The van der Waals surface area contributed by atoms with Gasteiger partial charge < -0.3 is 10.2 Å². The fourth-order valence-electron chi connectivity index (χ4n) is 5.87. The van der Waals surface area contributed by atoms with Gasteiger partial charge in [0.25, 0.3) is 5.91 Å². The van der Waals surface area contributed by atoms with Crippen molar-refractivity contribution >= 4 is 28.5 Å². The number of benzene rings is 1. The van der Waals surface area contributed by atoms with Crippen molar-refractivity contribution < 1.29 is 4.79 Å². The van der Waals surface area contributed by atoms with Gasteiger partial charge in [-0.1, -0.05) is 17.7 Å². The van der Waals surface area contributed by atoms with Crippen LogP contribution >= 0.6 is 11.6 Å². The molecule has 3 aliphatic rings. The zero-order chi connectivity index (χ0) is 22.9. The Morgan fingerprint density at radius 3 is 2.67 bits per heavy atom. The third-order valence-electron chi connectivity index (χ3n) is 7.77. The van der Waals surface area contributed by atoms with Gasteiger partial charge in [-0.05, 0) is 63.6 Å². The Bertz CT molecular complexity index is 1240. The molecule has 2 aliphatic heterocycles. The number of rotatable bonds is 4. The smallest absolute Gasteiger partial charge is 0.253 e. The molecular weight excluding hydrogens is 436 g/mol. The Morgan fingerprint density at radius 1 is 1.18 bits per heavy atom. The largest absolute Gasteiger partial charge is 0.339 e. The summed E-state index contributed by atoms with van der Waals surface area (Å²) in [5, 5.41) is 9.05. The molecule has 1 aromatic carbocycles. The molecule has 4 heterocycles. The van der Waals surface area contributed by atoms with Crippen molar-refractivity contribution in [2.45, 2.75) is 76.0 Å². The summed E-state index contributed by atoms with van der Waals surface area (Å²) in [6.07, 6.45) is 7.35. The van der Waals surface area contributed by atoms with E-state index in [1.807, 2.05) is 54.9 Å². The normalized spacial score (nSPS) is 28.3. The van der Waals surface area contributed by atoms with Crippen LogP contribution in [0.4, 0.5) is 0 Å². The summed E-state index contributed by atoms with van der Waals surface area (Å²) in [5.74, 6) is 1.09. The van der Waals surface area contributed by atoms with Crippen LogP contribution in [0.3, 0.4) is 0 Å². The summed E-state index contributed by atoms with van der Waals surface area (Å²) < 4.78 is 2.04. The van der Waals surface area contributed by atoms with Gasteiger partial charge in [0.15, 0.2) is 0 Å². The molecular formula is C25H29ClN6O. The predicted octanol–water partition coefficient (Wildman–Crippen LogP) is 4.18. The quantitative estimate of drug-likeness (QED) is 0.626. The van der Waals surface area contributed by atoms with E-state index in [9.17, 15) is 4.79 Å². The van der Waals surface area contributed by atoms with Gasteiger partial charge >= 0.3 is 0 Å². The first kappa shape index (κ1) is 21.1. The minimum atomic E-state index is 0.0586. The average Bonchev–Trinajstić information content (AvgIpc) is 3.43. The third kappa shape index (κ3) is 3.62. The van der Waals surface area contributed by atoms with Crippen LogP contribution in [0.1, 0.15) is 71.5 Å². The number of carbonyl (C=O) groups is 1. The van der Waals surface area contributed by atoms with Gasteiger partial charge in [0, 0.05) is 41.7 Å². The number of nitrogens with zero attached hydrogens (tertiary/aromatic N) is 5. The summed E-state index contributed by atoms with van der Waals surface area (Å²) >= 11 is 6.72. The summed E-state index contributed by atoms with van der Waals surface area (Å²) in [7, 11) is 1.94. The molecule has 0 spiro atoms. The maximum atomic E-state index is 13.2. The highest BCUT2D eigenvalue weighted by Gasteiger charge is 2.43. The number of fused-ring (bicyclic) bond motifs is 3. The molecule has 3 aromatic rings. The molecule has 3 unspecified atom stereocenters. The van der Waals surface area contributed by atoms with E-state index in [1.54, 1.807) is 0 Å². The Hall–Kier alpha value is -2.51. The van der Waals surface area contributed by atoms with Crippen molar-refractivity contribution in [1.82, 2.24) is 30.0 Å². The molecule has 2 bridgehead atoms. The van der Waals surface area contributed by atoms with E-state index in [0.717, 1.165) is 47.4 Å². The van der Waals surface area contributed by atoms with E-state index >= 15 is 0 Å². The van der Waals surface area contributed by atoms with Crippen LogP contribution in [0.25, 0.3) is 11.0 Å². The molecule has 2 aromatic heterocycles. The van der Waals surface area contributed by atoms with Gasteiger partial charge in [0.1, 0.15) is 16.9 Å². The first-order valence-corrected chi connectivity index (χ1v) is 12.3. The lowest BCUT2D eigenvalue weighted by Crippen LogP contribution is -2.48. The monoisotopic (exact) mass is 464 g/mol. The fraction of sp³-hybridized carbons (Fsp3) is 0.520. The number of hydrogen-bond donors (Lipinski definition) is 1. The second kappa shape index (κ2) is 7.77. The first-order valence-electron chi connectivity index (χ1n) is 11.9. The number of halogens is 1. The molecule has 5 atom stereocenters. The second-order valence-electron chi connectivity index (χ2n) is 10.0. The predicted molar refractivity (Wildman–Crippen MR) is 128 cm³/mol. The molecule has 1 amide bonds. The molecule has 2 saturated heterocycles. The number of carbonyl (C=O) groups excluding carboxylic acids is 1. The van der Waals surface area contributed by atoms with E-state index < -0.39 is 0 Å². The SMILES string of the molecule is Cc1ncc2c(n1)c(C)nn2C1CC1c1ccc(C(=O)N(C)C2C[C@H]3CC[C@@H](C2)N3)cc1Cl. The number of amides is 1. The number of aryl methyl sites for hydroxylation is 2. The van der Waals surface area contributed by atoms with Gasteiger partial charge in [-0.15, -0.1) is 0 Å². The van der Waals surface area contributed by atoms with Crippen molar-refractivity contribution in [3.63, 3.8) is 0 Å². The fourth-order valence-corrected chi connectivity index (χ4v) is 6.19.